The summed E-state index contributed by atoms with van der Waals surface area (Å²) in [7, 11) is 0. The first-order valence-corrected chi connectivity index (χ1v) is 4.87. The van der Waals surface area contributed by atoms with Crippen molar-refractivity contribution < 1.29 is 14.1 Å². The lowest BCUT2D eigenvalue weighted by molar-refractivity contribution is -0.384. The third kappa shape index (κ3) is 2.82. The van der Waals surface area contributed by atoms with Crippen molar-refractivity contribution in [2.75, 3.05) is 10.6 Å². The summed E-state index contributed by atoms with van der Waals surface area (Å²) in [4.78, 5) is 25.1. The number of benzene rings is 1. The molecule has 0 aliphatic rings. The van der Waals surface area contributed by atoms with E-state index < -0.39 is 11.0 Å². The fourth-order valence-corrected chi connectivity index (χ4v) is 1.21. The Labute approximate surface area is 101 Å². The number of carbonyl (C=O) groups excluding carboxylic acids is 1. The summed E-state index contributed by atoms with van der Waals surface area (Å²) in [6, 6.07) is 4.95. The smallest absolute Gasteiger partial charge is 0.327 e. The molecule has 8 heteroatoms. The number of amides is 2. The molecule has 0 aliphatic carbocycles. The molecule has 2 amide bonds. The highest BCUT2D eigenvalue weighted by atomic mass is 16.6. The minimum atomic E-state index is -0.550. The van der Waals surface area contributed by atoms with Gasteiger partial charge in [0.1, 0.15) is 6.26 Å². The Balaban J connectivity index is 1.97. The highest BCUT2D eigenvalue weighted by Crippen LogP contribution is 2.15. The standard InChI is InChI=1S/C10H8N4O4/c15-9(13-10-11-5-6-18-10)12-7-1-3-8(4-2-7)14(16)17/h1-6H,(H2,11,12,13,15). The van der Waals surface area contributed by atoms with Crippen LogP contribution in [0.4, 0.5) is 22.2 Å². The number of oxazole rings is 1. The average Bonchev–Trinajstić information content (AvgIpc) is 2.82. The molecule has 0 aliphatic heterocycles. The number of hydrogen-bond donors (Lipinski definition) is 2. The minimum Gasteiger partial charge on any atom is -0.432 e. The lowest BCUT2D eigenvalue weighted by atomic mass is 10.3. The second-order valence-corrected chi connectivity index (χ2v) is 3.22. The normalized spacial score (nSPS) is 9.78. The maximum Gasteiger partial charge on any atom is 0.327 e. The summed E-state index contributed by atoms with van der Waals surface area (Å²) in [5.74, 6) is 0. The number of non-ortho nitro benzene ring substituents is 1. The second-order valence-electron chi connectivity index (χ2n) is 3.22. The molecule has 1 heterocycles. The highest BCUT2D eigenvalue weighted by Gasteiger charge is 2.07. The molecule has 0 saturated heterocycles. The number of nitro benzene ring substituents is 1. The fourth-order valence-electron chi connectivity index (χ4n) is 1.21. The van der Waals surface area contributed by atoms with Crippen molar-refractivity contribution in [1.82, 2.24) is 4.98 Å². The van der Waals surface area contributed by atoms with Gasteiger partial charge in [0, 0.05) is 17.8 Å². The number of rotatable bonds is 3. The fraction of sp³-hybridized carbons (Fsp3) is 0. The van der Waals surface area contributed by atoms with E-state index in [0.717, 1.165) is 0 Å². The molecule has 8 nitrogen and oxygen atoms in total. The third-order valence-corrected chi connectivity index (χ3v) is 1.99. The molecule has 2 rings (SSSR count). The Kier molecular flexibility index (Phi) is 3.19. The van der Waals surface area contributed by atoms with Crippen LogP contribution in [0.5, 0.6) is 0 Å². The molecule has 0 bridgehead atoms. The first-order chi connectivity index (χ1) is 8.65. The molecule has 1 aromatic heterocycles. The number of carbonyl (C=O) groups is 1. The summed E-state index contributed by atoms with van der Waals surface area (Å²) in [6.07, 6.45) is 2.71. The largest absolute Gasteiger partial charge is 0.432 e. The number of nitro groups is 1. The topological polar surface area (TPSA) is 110 Å². The van der Waals surface area contributed by atoms with Crippen molar-refractivity contribution in [3.8, 4) is 0 Å². The van der Waals surface area contributed by atoms with Crippen molar-refractivity contribution >= 4 is 23.4 Å². The van der Waals surface area contributed by atoms with E-state index in [4.69, 9.17) is 4.42 Å². The van der Waals surface area contributed by atoms with E-state index in [9.17, 15) is 14.9 Å². The zero-order chi connectivity index (χ0) is 13.0. The van der Waals surface area contributed by atoms with Crippen molar-refractivity contribution in [3.63, 3.8) is 0 Å². The van der Waals surface area contributed by atoms with Crippen LogP contribution in [0.3, 0.4) is 0 Å². The Morgan fingerprint density at radius 1 is 1.28 bits per heavy atom. The molecule has 0 radical (unpaired) electrons. The van der Waals surface area contributed by atoms with Crippen LogP contribution in [-0.2, 0) is 0 Å². The summed E-state index contributed by atoms with van der Waals surface area (Å²) in [6.45, 7) is 0. The van der Waals surface area contributed by atoms with E-state index in [1.165, 1.54) is 36.7 Å². The van der Waals surface area contributed by atoms with Gasteiger partial charge in [0.25, 0.3) is 5.69 Å². The maximum absolute atomic E-state index is 11.4. The zero-order valence-corrected chi connectivity index (χ0v) is 8.99. The number of urea groups is 1. The third-order valence-electron chi connectivity index (χ3n) is 1.99. The summed E-state index contributed by atoms with van der Waals surface area (Å²) >= 11 is 0. The zero-order valence-electron chi connectivity index (χ0n) is 8.99. The summed E-state index contributed by atoms with van der Waals surface area (Å²) in [5, 5.41) is 15.3. The van der Waals surface area contributed by atoms with Crippen LogP contribution in [0.2, 0.25) is 0 Å². The Bertz CT molecular complexity index is 550. The first-order valence-electron chi connectivity index (χ1n) is 4.87. The van der Waals surface area contributed by atoms with Gasteiger partial charge < -0.3 is 9.73 Å². The number of hydrogen-bond acceptors (Lipinski definition) is 5. The van der Waals surface area contributed by atoms with E-state index in [2.05, 4.69) is 15.6 Å². The van der Waals surface area contributed by atoms with Gasteiger partial charge in [0.2, 0.25) is 0 Å². The highest BCUT2D eigenvalue weighted by molar-refractivity contribution is 5.98. The van der Waals surface area contributed by atoms with Crippen molar-refractivity contribution in [3.05, 3.63) is 46.8 Å². The average molecular weight is 248 g/mol. The van der Waals surface area contributed by atoms with Gasteiger partial charge in [-0.15, -0.1) is 0 Å². The van der Waals surface area contributed by atoms with Gasteiger partial charge in [-0.25, -0.2) is 9.78 Å². The maximum atomic E-state index is 11.4. The van der Waals surface area contributed by atoms with E-state index >= 15 is 0 Å². The van der Waals surface area contributed by atoms with E-state index in [-0.39, 0.29) is 11.7 Å². The molecule has 1 aromatic carbocycles. The Morgan fingerprint density at radius 2 is 2.00 bits per heavy atom. The quantitative estimate of drug-likeness (QED) is 0.639. The van der Waals surface area contributed by atoms with Gasteiger partial charge in [-0.05, 0) is 12.1 Å². The van der Waals surface area contributed by atoms with Crippen LogP contribution in [0.25, 0.3) is 0 Å². The molecular weight excluding hydrogens is 240 g/mol. The predicted octanol–water partition coefficient (Wildman–Crippen LogP) is 2.23. The van der Waals surface area contributed by atoms with E-state index in [1.54, 1.807) is 0 Å². The number of nitrogens with one attached hydrogen (secondary N) is 2. The van der Waals surface area contributed by atoms with Gasteiger partial charge in [0.15, 0.2) is 0 Å². The molecule has 0 atom stereocenters. The summed E-state index contributed by atoms with van der Waals surface area (Å²) < 4.78 is 4.82. The van der Waals surface area contributed by atoms with Gasteiger partial charge >= 0.3 is 12.0 Å². The molecule has 18 heavy (non-hydrogen) atoms. The van der Waals surface area contributed by atoms with Gasteiger partial charge in [0.05, 0.1) is 11.1 Å². The number of nitrogens with zero attached hydrogens (tertiary/aromatic N) is 2. The number of aromatic nitrogens is 1. The van der Waals surface area contributed by atoms with Crippen LogP contribution in [0.1, 0.15) is 0 Å². The van der Waals surface area contributed by atoms with Gasteiger partial charge in [-0.1, -0.05) is 0 Å². The second kappa shape index (κ2) is 4.95. The molecule has 2 N–H and O–H groups in total. The van der Waals surface area contributed by atoms with Gasteiger partial charge in [-0.3, -0.25) is 15.4 Å². The summed E-state index contributed by atoms with van der Waals surface area (Å²) in [5.41, 5.74) is 0.373. The Hall–Kier alpha value is -2.90. The van der Waals surface area contributed by atoms with Crippen LogP contribution >= 0.6 is 0 Å². The Morgan fingerprint density at radius 3 is 2.56 bits per heavy atom. The van der Waals surface area contributed by atoms with Crippen LogP contribution in [0, 0.1) is 10.1 Å². The first kappa shape index (κ1) is 11.6. The molecule has 0 spiro atoms. The predicted molar refractivity (Wildman–Crippen MR) is 62.2 cm³/mol. The molecular formula is C10H8N4O4. The van der Waals surface area contributed by atoms with Crippen molar-refractivity contribution in [2.24, 2.45) is 0 Å². The van der Waals surface area contributed by atoms with Gasteiger partial charge in [-0.2, -0.15) is 0 Å². The molecule has 0 unspecified atom stereocenters. The molecule has 92 valence electrons. The van der Waals surface area contributed by atoms with Crippen molar-refractivity contribution in [1.29, 1.82) is 0 Å². The van der Waals surface area contributed by atoms with Crippen LogP contribution in [-0.4, -0.2) is 15.9 Å². The SMILES string of the molecule is O=C(Nc1ccc([N+](=O)[O-])cc1)Nc1ncco1. The van der Waals surface area contributed by atoms with Crippen LogP contribution < -0.4 is 10.6 Å². The van der Waals surface area contributed by atoms with E-state index in [0.29, 0.717) is 5.69 Å². The molecule has 0 fully saturated rings. The number of anilines is 2. The van der Waals surface area contributed by atoms with Crippen LogP contribution in [0.15, 0.2) is 41.1 Å². The minimum absolute atomic E-state index is 0.0475. The lowest BCUT2D eigenvalue weighted by Gasteiger charge is -2.04. The molecule has 0 saturated carbocycles. The monoisotopic (exact) mass is 248 g/mol. The lowest BCUT2D eigenvalue weighted by Crippen LogP contribution is -2.19. The van der Waals surface area contributed by atoms with E-state index in [1.807, 2.05) is 0 Å². The molecule has 2 aromatic rings. The van der Waals surface area contributed by atoms with Crippen molar-refractivity contribution in [2.45, 2.75) is 0 Å².